The van der Waals surface area contributed by atoms with E-state index in [1.54, 1.807) is 6.20 Å². The molecule has 2 aromatic rings. The average Bonchev–Trinajstić information content (AvgIpc) is 2.94. The number of carbonyl (C=O) groups excluding carboxylic acids is 1. The van der Waals surface area contributed by atoms with Crippen LogP contribution >= 0.6 is 12.4 Å². The SMILES string of the molecule is Cl.O=C(CCC1CCNCC1)Nc1ccc2cn[nH]c2c1. The smallest absolute Gasteiger partial charge is 0.224 e. The number of aromatic nitrogens is 2. The van der Waals surface area contributed by atoms with Crippen molar-refractivity contribution >= 4 is 34.9 Å². The van der Waals surface area contributed by atoms with Gasteiger partial charge in [-0.1, -0.05) is 0 Å². The second-order valence-corrected chi connectivity index (χ2v) is 5.45. The first-order valence-electron chi connectivity index (χ1n) is 7.25. The molecule has 5 nitrogen and oxygen atoms in total. The van der Waals surface area contributed by atoms with E-state index in [1.165, 1.54) is 12.8 Å². The molecule has 0 atom stereocenters. The minimum atomic E-state index is 0. The van der Waals surface area contributed by atoms with Gasteiger partial charge in [-0.2, -0.15) is 5.10 Å². The van der Waals surface area contributed by atoms with E-state index in [0.717, 1.165) is 36.1 Å². The number of H-pyrrole nitrogens is 1. The van der Waals surface area contributed by atoms with Crippen LogP contribution in [0.2, 0.25) is 0 Å². The van der Waals surface area contributed by atoms with Crippen molar-refractivity contribution in [1.82, 2.24) is 15.5 Å². The molecule has 0 spiro atoms. The van der Waals surface area contributed by atoms with Crippen LogP contribution in [0.5, 0.6) is 0 Å². The maximum absolute atomic E-state index is 12.0. The van der Waals surface area contributed by atoms with Crippen molar-refractivity contribution in [3.63, 3.8) is 0 Å². The molecule has 114 valence electrons. The Hall–Kier alpha value is -1.59. The van der Waals surface area contributed by atoms with Crippen LogP contribution in [0, 0.1) is 5.92 Å². The predicted octanol–water partition coefficient (Wildman–Crippen LogP) is 2.70. The Labute approximate surface area is 130 Å². The summed E-state index contributed by atoms with van der Waals surface area (Å²) in [5.74, 6) is 0.791. The van der Waals surface area contributed by atoms with E-state index < -0.39 is 0 Å². The maximum atomic E-state index is 12.0. The van der Waals surface area contributed by atoms with Crippen molar-refractivity contribution in [3.8, 4) is 0 Å². The summed E-state index contributed by atoms with van der Waals surface area (Å²) in [5, 5.41) is 14.2. The van der Waals surface area contributed by atoms with Gasteiger partial charge < -0.3 is 10.6 Å². The third-order valence-electron chi connectivity index (χ3n) is 3.96. The number of anilines is 1. The summed E-state index contributed by atoms with van der Waals surface area (Å²) >= 11 is 0. The van der Waals surface area contributed by atoms with E-state index >= 15 is 0 Å². The quantitative estimate of drug-likeness (QED) is 0.813. The Morgan fingerprint density at radius 1 is 1.33 bits per heavy atom. The summed E-state index contributed by atoms with van der Waals surface area (Å²) in [6.45, 7) is 2.17. The van der Waals surface area contributed by atoms with Crippen LogP contribution in [-0.2, 0) is 4.79 Å². The summed E-state index contributed by atoms with van der Waals surface area (Å²) in [6, 6.07) is 5.80. The Morgan fingerprint density at radius 3 is 2.95 bits per heavy atom. The second kappa shape index (κ2) is 7.43. The fourth-order valence-electron chi connectivity index (χ4n) is 2.74. The monoisotopic (exact) mass is 308 g/mol. The Morgan fingerprint density at radius 2 is 2.14 bits per heavy atom. The predicted molar refractivity (Wildman–Crippen MR) is 86.8 cm³/mol. The number of hydrogen-bond acceptors (Lipinski definition) is 3. The number of hydrogen-bond donors (Lipinski definition) is 3. The molecule has 1 aliphatic rings. The van der Waals surface area contributed by atoms with Crippen LogP contribution in [0.1, 0.15) is 25.7 Å². The Kier molecular flexibility index (Phi) is 5.59. The van der Waals surface area contributed by atoms with Crippen LogP contribution < -0.4 is 10.6 Å². The van der Waals surface area contributed by atoms with Crippen molar-refractivity contribution in [2.75, 3.05) is 18.4 Å². The molecule has 0 saturated carbocycles. The molecule has 6 heteroatoms. The van der Waals surface area contributed by atoms with Crippen molar-refractivity contribution < 1.29 is 4.79 Å². The van der Waals surface area contributed by atoms with Crippen molar-refractivity contribution in [1.29, 1.82) is 0 Å². The maximum Gasteiger partial charge on any atom is 0.224 e. The highest BCUT2D eigenvalue weighted by molar-refractivity contribution is 5.93. The molecule has 1 aromatic carbocycles. The molecule has 1 fully saturated rings. The summed E-state index contributed by atoms with van der Waals surface area (Å²) in [7, 11) is 0. The summed E-state index contributed by atoms with van der Waals surface area (Å²) in [4.78, 5) is 12.0. The van der Waals surface area contributed by atoms with Gasteiger partial charge in [0.25, 0.3) is 0 Å². The zero-order valence-electron chi connectivity index (χ0n) is 11.9. The molecule has 1 aromatic heterocycles. The molecule has 0 aliphatic carbocycles. The average molecular weight is 309 g/mol. The molecular weight excluding hydrogens is 288 g/mol. The topological polar surface area (TPSA) is 69.8 Å². The lowest BCUT2D eigenvalue weighted by molar-refractivity contribution is -0.116. The van der Waals surface area contributed by atoms with Gasteiger partial charge in [-0.25, -0.2) is 0 Å². The highest BCUT2D eigenvalue weighted by Gasteiger charge is 2.14. The lowest BCUT2D eigenvalue weighted by Gasteiger charge is -2.22. The van der Waals surface area contributed by atoms with Gasteiger partial charge in [-0.3, -0.25) is 9.89 Å². The van der Waals surface area contributed by atoms with Gasteiger partial charge in [-0.15, -0.1) is 12.4 Å². The fraction of sp³-hybridized carbons (Fsp3) is 0.467. The number of halogens is 1. The molecule has 0 radical (unpaired) electrons. The van der Waals surface area contributed by atoms with Gasteiger partial charge in [0.2, 0.25) is 5.91 Å². The van der Waals surface area contributed by atoms with Gasteiger partial charge in [0.05, 0.1) is 11.7 Å². The largest absolute Gasteiger partial charge is 0.326 e. The van der Waals surface area contributed by atoms with Crippen LogP contribution in [0.3, 0.4) is 0 Å². The van der Waals surface area contributed by atoms with Crippen molar-refractivity contribution in [2.24, 2.45) is 5.92 Å². The molecule has 0 bridgehead atoms. The van der Waals surface area contributed by atoms with E-state index in [-0.39, 0.29) is 18.3 Å². The Balaban J connectivity index is 0.00000161. The molecule has 1 saturated heterocycles. The highest BCUT2D eigenvalue weighted by atomic mass is 35.5. The lowest BCUT2D eigenvalue weighted by Crippen LogP contribution is -2.28. The fourth-order valence-corrected chi connectivity index (χ4v) is 2.74. The number of piperidine rings is 1. The number of rotatable bonds is 4. The first kappa shape index (κ1) is 15.8. The lowest BCUT2D eigenvalue weighted by atomic mass is 9.93. The molecule has 1 amide bonds. The number of nitrogens with one attached hydrogen (secondary N) is 3. The molecule has 2 heterocycles. The first-order valence-corrected chi connectivity index (χ1v) is 7.25. The third kappa shape index (κ3) is 4.19. The third-order valence-corrected chi connectivity index (χ3v) is 3.96. The zero-order chi connectivity index (χ0) is 13.8. The van der Waals surface area contributed by atoms with Gasteiger partial charge in [-0.05, 0) is 56.5 Å². The van der Waals surface area contributed by atoms with Crippen molar-refractivity contribution in [2.45, 2.75) is 25.7 Å². The van der Waals surface area contributed by atoms with E-state index in [9.17, 15) is 4.79 Å². The molecule has 1 aliphatic heterocycles. The molecule has 0 unspecified atom stereocenters. The number of aromatic amines is 1. The van der Waals surface area contributed by atoms with Crippen LogP contribution in [0.15, 0.2) is 24.4 Å². The zero-order valence-corrected chi connectivity index (χ0v) is 12.7. The van der Waals surface area contributed by atoms with E-state index in [1.807, 2.05) is 18.2 Å². The minimum Gasteiger partial charge on any atom is -0.326 e. The van der Waals surface area contributed by atoms with Crippen LogP contribution in [-0.4, -0.2) is 29.2 Å². The number of fused-ring (bicyclic) bond motifs is 1. The highest BCUT2D eigenvalue weighted by Crippen LogP contribution is 2.19. The number of amides is 1. The number of nitrogens with zero attached hydrogens (tertiary/aromatic N) is 1. The number of benzene rings is 1. The van der Waals surface area contributed by atoms with Gasteiger partial charge in [0.15, 0.2) is 0 Å². The summed E-state index contributed by atoms with van der Waals surface area (Å²) < 4.78 is 0. The number of carbonyl (C=O) groups is 1. The normalized spacial score (nSPS) is 15.6. The minimum absolute atomic E-state index is 0. The van der Waals surface area contributed by atoms with E-state index in [2.05, 4.69) is 20.8 Å². The molecular formula is C15H21ClN4O. The summed E-state index contributed by atoms with van der Waals surface area (Å²) in [5.41, 5.74) is 1.78. The van der Waals surface area contributed by atoms with Gasteiger partial charge in [0.1, 0.15) is 0 Å². The molecule has 21 heavy (non-hydrogen) atoms. The molecule has 3 rings (SSSR count). The first-order chi connectivity index (χ1) is 9.81. The van der Waals surface area contributed by atoms with Crippen LogP contribution in [0.4, 0.5) is 5.69 Å². The Bertz CT molecular complexity index is 592. The van der Waals surface area contributed by atoms with Crippen LogP contribution in [0.25, 0.3) is 10.9 Å². The van der Waals surface area contributed by atoms with Crippen molar-refractivity contribution in [3.05, 3.63) is 24.4 Å². The standard InChI is InChI=1S/C15H20N4O.ClH/c20-15(4-1-11-5-7-16-8-6-11)18-13-3-2-12-10-17-19-14(12)9-13;/h2-3,9-11,16H,1,4-8H2,(H,17,19)(H,18,20);1H. The van der Waals surface area contributed by atoms with Gasteiger partial charge >= 0.3 is 0 Å². The van der Waals surface area contributed by atoms with Gasteiger partial charge in [0, 0.05) is 17.5 Å². The summed E-state index contributed by atoms with van der Waals surface area (Å²) in [6.07, 6.45) is 5.74. The molecule has 3 N–H and O–H groups in total. The van der Waals surface area contributed by atoms with E-state index in [0.29, 0.717) is 12.3 Å². The van der Waals surface area contributed by atoms with E-state index in [4.69, 9.17) is 0 Å². The second-order valence-electron chi connectivity index (χ2n) is 5.45.